The SMILES string of the molecule is NCCC=Cc1ncc(Cl)cc1[N+](=O)[O-]. The molecule has 15 heavy (non-hydrogen) atoms. The second-order valence-corrected chi connectivity index (χ2v) is 3.23. The van der Waals surface area contributed by atoms with Crippen molar-refractivity contribution >= 4 is 23.4 Å². The van der Waals surface area contributed by atoms with Gasteiger partial charge in [-0.15, -0.1) is 0 Å². The van der Waals surface area contributed by atoms with Crippen molar-refractivity contribution in [2.24, 2.45) is 5.73 Å². The Morgan fingerprint density at radius 3 is 3.00 bits per heavy atom. The molecule has 80 valence electrons. The topological polar surface area (TPSA) is 82.0 Å². The fourth-order valence-electron chi connectivity index (χ4n) is 1.00. The van der Waals surface area contributed by atoms with Crippen LogP contribution in [0.15, 0.2) is 18.3 Å². The third kappa shape index (κ3) is 3.30. The molecule has 0 saturated heterocycles. The van der Waals surface area contributed by atoms with Crippen LogP contribution in [0, 0.1) is 10.1 Å². The van der Waals surface area contributed by atoms with E-state index in [0.29, 0.717) is 13.0 Å². The van der Waals surface area contributed by atoms with Gasteiger partial charge in [0.15, 0.2) is 0 Å². The van der Waals surface area contributed by atoms with Crippen LogP contribution in [0.1, 0.15) is 12.1 Å². The van der Waals surface area contributed by atoms with Gasteiger partial charge in [0.05, 0.1) is 9.95 Å². The molecule has 6 heteroatoms. The van der Waals surface area contributed by atoms with E-state index in [1.54, 1.807) is 12.2 Å². The molecule has 0 saturated carbocycles. The zero-order valence-corrected chi connectivity index (χ0v) is 8.65. The van der Waals surface area contributed by atoms with E-state index < -0.39 is 4.92 Å². The fourth-order valence-corrected chi connectivity index (χ4v) is 1.16. The van der Waals surface area contributed by atoms with Gasteiger partial charge in [0.1, 0.15) is 5.69 Å². The monoisotopic (exact) mass is 227 g/mol. The minimum Gasteiger partial charge on any atom is -0.330 e. The largest absolute Gasteiger partial charge is 0.330 e. The smallest absolute Gasteiger partial charge is 0.296 e. The second-order valence-electron chi connectivity index (χ2n) is 2.79. The lowest BCUT2D eigenvalue weighted by Gasteiger charge is -1.96. The van der Waals surface area contributed by atoms with Crippen LogP contribution in [-0.2, 0) is 0 Å². The van der Waals surface area contributed by atoms with Gasteiger partial charge in [-0.3, -0.25) is 10.1 Å². The Morgan fingerprint density at radius 2 is 2.40 bits per heavy atom. The van der Waals surface area contributed by atoms with Crippen LogP contribution >= 0.6 is 11.6 Å². The Hall–Kier alpha value is -1.46. The van der Waals surface area contributed by atoms with Crippen molar-refractivity contribution in [3.05, 3.63) is 39.2 Å². The van der Waals surface area contributed by atoms with E-state index in [1.807, 2.05) is 0 Å². The highest BCUT2D eigenvalue weighted by molar-refractivity contribution is 6.30. The van der Waals surface area contributed by atoms with E-state index in [9.17, 15) is 10.1 Å². The summed E-state index contributed by atoms with van der Waals surface area (Å²) in [6.45, 7) is 0.498. The molecule has 0 aromatic carbocycles. The van der Waals surface area contributed by atoms with E-state index in [2.05, 4.69) is 4.98 Å². The average Bonchev–Trinajstić information content (AvgIpc) is 2.20. The number of pyridine rings is 1. The number of nitro groups is 1. The average molecular weight is 228 g/mol. The minimum atomic E-state index is -0.513. The Labute approximate surface area is 91.7 Å². The summed E-state index contributed by atoms with van der Waals surface area (Å²) in [5.41, 5.74) is 5.48. The summed E-state index contributed by atoms with van der Waals surface area (Å²) in [7, 11) is 0. The lowest BCUT2D eigenvalue weighted by molar-refractivity contribution is -0.385. The van der Waals surface area contributed by atoms with Crippen molar-refractivity contribution in [2.75, 3.05) is 6.54 Å². The van der Waals surface area contributed by atoms with E-state index in [4.69, 9.17) is 17.3 Å². The van der Waals surface area contributed by atoms with E-state index >= 15 is 0 Å². The van der Waals surface area contributed by atoms with Crippen LogP contribution in [0.5, 0.6) is 0 Å². The van der Waals surface area contributed by atoms with Gasteiger partial charge in [-0.1, -0.05) is 17.7 Å². The standard InChI is InChI=1S/C9H10ClN3O2/c10-7-5-9(13(14)15)8(12-6-7)3-1-2-4-11/h1,3,5-6H,2,4,11H2. The van der Waals surface area contributed by atoms with Crippen LogP contribution in [-0.4, -0.2) is 16.5 Å². The van der Waals surface area contributed by atoms with Crippen LogP contribution in [0.2, 0.25) is 5.02 Å². The Bertz CT molecular complexity index is 393. The normalized spacial score (nSPS) is 10.8. The molecule has 1 aromatic heterocycles. The maximum Gasteiger partial charge on any atom is 0.296 e. The molecule has 0 unspecified atom stereocenters. The Morgan fingerprint density at radius 1 is 1.67 bits per heavy atom. The molecule has 5 nitrogen and oxygen atoms in total. The fraction of sp³-hybridized carbons (Fsp3) is 0.222. The summed E-state index contributed by atoms with van der Waals surface area (Å²) in [6, 6.07) is 1.27. The Kier molecular flexibility index (Phi) is 4.20. The molecule has 0 amide bonds. The summed E-state index contributed by atoms with van der Waals surface area (Å²) >= 11 is 5.61. The van der Waals surface area contributed by atoms with Crippen molar-refractivity contribution < 1.29 is 4.92 Å². The number of rotatable bonds is 4. The molecule has 0 aliphatic heterocycles. The highest BCUT2D eigenvalue weighted by Crippen LogP contribution is 2.21. The third-order valence-corrected chi connectivity index (χ3v) is 1.88. The number of hydrogen-bond acceptors (Lipinski definition) is 4. The number of aromatic nitrogens is 1. The van der Waals surface area contributed by atoms with Gasteiger partial charge in [0.25, 0.3) is 5.69 Å². The van der Waals surface area contributed by atoms with Crippen LogP contribution < -0.4 is 5.73 Å². The van der Waals surface area contributed by atoms with Gasteiger partial charge < -0.3 is 5.73 Å². The highest BCUT2D eigenvalue weighted by Gasteiger charge is 2.12. The molecule has 0 radical (unpaired) electrons. The molecular weight excluding hydrogens is 218 g/mol. The molecule has 0 aliphatic rings. The first kappa shape index (κ1) is 11.6. The quantitative estimate of drug-likeness (QED) is 0.630. The number of hydrogen-bond donors (Lipinski definition) is 1. The van der Waals surface area contributed by atoms with Crippen molar-refractivity contribution in [1.82, 2.24) is 4.98 Å². The molecule has 0 spiro atoms. The van der Waals surface area contributed by atoms with Gasteiger partial charge in [-0.25, -0.2) is 4.98 Å². The van der Waals surface area contributed by atoms with Crippen LogP contribution in [0.3, 0.4) is 0 Å². The maximum atomic E-state index is 10.7. The summed E-state index contributed by atoms with van der Waals surface area (Å²) in [6.07, 6.45) is 5.34. The van der Waals surface area contributed by atoms with Crippen molar-refractivity contribution in [3.63, 3.8) is 0 Å². The first-order valence-electron chi connectivity index (χ1n) is 4.31. The summed E-state index contributed by atoms with van der Waals surface area (Å²) in [5.74, 6) is 0. The lowest BCUT2D eigenvalue weighted by Crippen LogP contribution is -1.96. The van der Waals surface area contributed by atoms with Crippen molar-refractivity contribution in [1.29, 1.82) is 0 Å². The number of halogens is 1. The zero-order chi connectivity index (χ0) is 11.3. The van der Waals surface area contributed by atoms with E-state index in [0.717, 1.165) is 0 Å². The molecular formula is C9H10ClN3O2. The van der Waals surface area contributed by atoms with Gasteiger partial charge in [-0.05, 0) is 19.0 Å². The molecule has 0 fully saturated rings. The predicted octanol–water partition coefficient (Wildman–Crippen LogP) is 2.01. The molecule has 1 rings (SSSR count). The van der Waals surface area contributed by atoms with Crippen molar-refractivity contribution in [2.45, 2.75) is 6.42 Å². The maximum absolute atomic E-state index is 10.7. The summed E-state index contributed by atoms with van der Waals surface area (Å²) in [5, 5.41) is 10.9. The molecule has 1 heterocycles. The van der Waals surface area contributed by atoms with E-state index in [-0.39, 0.29) is 16.4 Å². The van der Waals surface area contributed by atoms with Gasteiger partial charge in [0.2, 0.25) is 0 Å². The zero-order valence-electron chi connectivity index (χ0n) is 7.89. The van der Waals surface area contributed by atoms with E-state index in [1.165, 1.54) is 12.3 Å². The van der Waals surface area contributed by atoms with Crippen LogP contribution in [0.25, 0.3) is 6.08 Å². The summed E-state index contributed by atoms with van der Waals surface area (Å²) < 4.78 is 0. The second kappa shape index (κ2) is 5.43. The first-order valence-corrected chi connectivity index (χ1v) is 4.69. The minimum absolute atomic E-state index is 0.101. The number of nitrogens with zero attached hydrogens (tertiary/aromatic N) is 2. The molecule has 0 aliphatic carbocycles. The van der Waals surface area contributed by atoms with Gasteiger partial charge in [0, 0.05) is 12.3 Å². The van der Waals surface area contributed by atoms with Gasteiger partial charge >= 0.3 is 0 Å². The first-order chi connectivity index (χ1) is 7.15. The third-order valence-electron chi connectivity index (χ3n) is 1.67. The lowest BCUT2D eigenvalue weighted by atomic mass is 10.2. The molecule has 0 bridgehead atoms. The highest BCUT2D eigenvalue weighted by atomic mass is 35.5. The van der Waals surface area contributed by atoms with Crippen molar-refractivity contribution in [3.8, 4) is 0 Å². The number of nitrogens with two attached hydrogens (primary N) is 1. The molecule has 0 atom stereocenters. The Balaban J connectivity index is 3.01. The predicted molar refractivity (Wildman–Crippen MR) is 58.6 cm³/mol. The molecule has 1 aromatic rings. The summed E-state index contributed by atoms with van der Waals surface area (Å²) in [4.78, 5) is 14.0. The molecule has 2 N–H and O–H groups in total. The van der Waals surface area contributed by atoms with Gasteiger partial charge in [-0.2, -0.15) is 0 Å². The van der Waals surface area contributed by atoms with Crippen LogP contribution in [0.4, 0.5) is 5.69 Å².